The zero-order valence-electron chi connectivity index (χ0n) is 22.3. The zero-order valence-corrected chi connectivity index (χ0v) is 22.3. The van der Waals surface area contributed by atoms with Crippen LogP contribution in [0.3, 0.4) is 0 Å². The van der Waals surface area contributed by atoms with Gasteiger partial charge in [0.05, 0.1) is 11.1 Å². The van der Waals surface area contributed by atoms with Crippen LogP contribution in [0.2, 0.25) is 0 Å². The molecule has 1 fully saturated rings. The fourth-order valence-electron chi connectivity index (χ4n) is 6.76. The van der Waals surface area contributed by atoms with Crippen LogP contribution in [0.4, 0.5) is 0 Å². The number of likely N-dealkylation sites (tertiary alicyclic amines) is 1. The minimum atomic E-state index is -1.13. The summed E-state index contributed by atoms with van der Waals surface area (Å²) >= 11 is 0. The van der Waals surface area contributed by atoms with Crippen molar-refractivity contribution in [2.45, 2.75) is 69.4 Å². The smallest absolute Gasteiger partial charge is 0.185 e. The summed E-state index contributed by atoms with van der Waals surface area (Å²) in [4.78, 5) is 11.4. The number of aliphatic imine (C=N–C) groups is 1. The van der Waals surface area contributed by atoms with Crippen molar-refractivity contribution in [2.75, 3.05) is 19.6 Å². The number of hydrogen-bond donors (Lipinski definition) is 5. The van der Waals surface area contributed by atoms with Crippen molar-refractivity contribution in [2.24, 2.45) is 16.5 Å². The molecule has 2 aliphatic rings. The lowest BCUT2D eigenvalue weighted by Crippen LogP contribution is -2.57. The first-order chi connectivity index (χ1) is 18.1. The van der Waals surface area contributed by atoms with E-state index < -0.39 is 11.0 Å². The van der Waals surface area contributed by atoms with Crippen molar-refractivity contribution < 1.29 is 15.3 Å². The van der Waals surface area contributed by atoms with E-state index in [-0.39, 0.29) is 23.5 Å². The second-order valence-corrected chi connectivity index (χ2v) is 11.2. The molecule has 1 saturated heterocycles. The van der Waals surface area contributed by atoms with Crippen LogP contribution in [0, 0.1) is 6.92 Å². The van der Waals surface area contributed by atoms with Crippen LogP contribution in [0.25, 0.3) is 10.9 Å². The molecule has 5 rings (SSSR count). The highest BCUT2D eigenvalue weighted by atomic mass is 16.3. The van der Waals surface area contributed by atoms with Crippen molar-refractivity contribution in [3.63, 3.8) is 0 Å². The number of benzene rings is 2. The molecule has 202 valence electrons. The van der Waals surface area contributed by atoms with Crippen molar-refractivity contribution in [3.05, 3.63) is 64.8 Å². The van der Waals surface area contributed by atoms with Gasteiger partial charge in [-0.1, -0.05) is 37.1 Å². The number of phenolic OH excluding ortho intramolecular Hbond substituents is 2. The van der Waals surface area contributed by atoms with Crippen molar-refractivity contribution >= 4 is 16.9 Å². The summed E-state index contributed by atoms with van der Waals surface area (Å²) in [6.07, 6.45) is 5.09. The summed E-state index contributed by atoms with van der Waals surface area (Å²) in [5.74, 6) is -0.145. The van der Waals surface area contributed by atoms with Crippen LogP contribution in [0.15, 0.2) is 47.5 Å². The first-order valence-electron chi connectivity index (χ1n) is 13.6. The second kappa shape index (κ2) is 10.1. The Bertz CT molecular complexity index is 1370. The Labute approximate surface area is 224 Å². The van der Waals surface area contributed by atoms with Gasteiger partial charge in [0, 0.05) is 47.6 Å². The molecule has 0 radical (unpaired) electrons. The van der Waals surface area contributed by atoms with Gasteiger partial charge in [0.15, 0.2) is 17.5 Å². The molecule has 1 aromatic heterocycles. The van der Waals surface area contributed by atoms with Gasteiger partial charge in [-0.25, -0.2) is 0 Å². The quantitative estimate of drug-likeness (QED) is 0.127. The van der Waals surface area contributed by atoms with Gasteiger partial charge in [0.2, 0.25) is 0 Å². The van der Waals surface area contributed by atoms with E-state index in [4.69, 9.17) is 16.5 Å². The van der Waals surface area contributed by atoms with Crippen LogP contribution in [0.5, 0.6) is 11.5 Å². The molecule has 3 atom stereocenters. The Kier molecular flexibility index (Phi) is 6.96. The minimum absolute atomic E-state index is 0.0960. The number of nitrogens with zero attached hydrogens (tertiary/aromatic N) is 3. The third-order valence-electron chi connectivity index (χ3n) is 8.80. The molecule has 8 heteroatoms. The lowest BCUT2D eigenvalue weighted by atomic mass is 9.59. The molecule has 0 amide bonds. The maximum atomic E-state index is 12.2. The maximum absolute atomic E-state index is 12.2. The van der Waals surface area contributed by atoms with E-state index in [9.17, 15) is 15.3 Å². The molecular weight excluding hydrogens is 478 g/mol. The van der Waals surface area contributed by atoms with Gasteiger partial charge in [-0.05, 0) is 69.0 Å². The van der Waals surface area contributed by atoms with Gasteiger partial charge in [0.1, 0.15) is 0 Å². The molecule has 38 heavy (non-hydrogen) atoms. The predicted octanol–water partition coefficient (Wildman–Crippen LogP) is 3.26. The van der Waals surface area contributed by atoms with Crippen LogP contribution < -0.4 is 11.5 Å². The average molecular weight is 518 g/mol. The van der Waals surface area contributed by atoms with Crippen LogP contribution in [-0.2, 0) is 18.3 Å². The Morgan fingerprint density at radius 3 is 2.66 bits per heavy atom. The fraction of sp³-hybridized carbons (Fsp3) is 0.467. The van der Waals surface area contributed by atoms with Crippen molar-refractivity contribution in [1.82, 2.24) is 9.88 Å². The number of aromatic nitrogens is 1. The van der Waals surface area contributed by atoms with Crippen molar-refractivity contribution in [1.29, 1.82) is 0 Å². The molecule has 8 nitrogen and oxygen atoms in total. The SMILES string of the molecule is Cc1cc2ccccc2nc1CC12CN(CCCCCCN=C(N)N)C(Cc3ccc(O)c(O)c31)C2(C)O. The number of aromatic hydroxyl groups is 2. The van der Waals surface area contributed by atoms with Gasteiger partial charge in [-0.2, -0.15) is 0 Å². The Hall–Kier alpha value is -3.36. The number of nitrogens with two attached hydrogens (primary N) is 2. The van der Waals surface area contributed by atoms with Crippen LogP contribution >= 0.6 is 0 Å². The number of unbranched alkanes of at least 4 members (excludes halogenated alkanes) is 3. The van der Waals surface area contributed by atoms with E-state index in [1.807, 2.05) is 31.2 Å². The molecule has 1 aliphatic carbocycles. The highest BCUT2D eigenvalue weighted by Crippen LogP contribution is 2.57. The normalized spacial score (nSPS) is 24.4. The van der Waals surface area contributed by atoms with Gasteiger partial charge >= 0.3 is 0 Å². The summed E-state index contributed by atoms with van der Waals surface area (Å²) in [5, 5.41) is 35.0. The predicted molar refractivity (Wildman–Crippen MR) is 150 cm³/mol. The zero-order chi connectivity index (χ0) is 27.1. The van der Waals surface area contributed by atoms with E-state index in [0.29, 0.717) is 31.5 Å². The van der Waals surface area contributed by atoms with Gasteiger partial charge in [0.25, 0.3) is 0 Å². The summed E-state index contributed by atoms with van der Waals surface area (Å²) in [5.41, 5.74) is 13.4. The summed E-state index contributed by atoms with van der Waals surface area (Å²) in [7, 11) is 0. The van der Waals surface area contributed by atoms with Crippen molar-refractivity contribution in [3.8, 4) is 11.5 Å². The standard InChI is InChI=1S/C30H39N5O3/c1-19-15-20-9-5-6-10-22(20)34-23(19)17-30-18-35(14-8-4-3-7-13-33-28(31)32)25(29(30,2)38)16-21-11-12-24(36)27(37)26(21)30/h5-6,9-12,15,25,36-38H,3-4,7-8,13-14,16-18H2,1-2H3,(H4,31,32,33). The lowest BCUT2D eigenvalue weighted by molar-refractivity contribution is -0.0326. The monoisotopic (exact) mass is 517 g/mol. The summed E-state index contributed by atoms with van der Waals surface area (Å²) < 4.78 is 0. The number of aryl methyl sites for hydroxylation is 1. The highest BCUT2D eigenvalue weighted by molar-refractivity contribution is 5.79. The van der Waals surface area contributed by atoms with E-state index >= 15 is 0 Å². The molecule has 2 aromatic carbocycles. The summed E-state index contributed by atoms with van der Waals surface area (Å²) in [6.45, 7) is 6.02. The van der Waals surface area contributed by atoms with Gasteiger partial charge in [-0.15, -0.1) is 0 Å². The molecule has 0 saturated carbocycles. The van der Waals surface area contributed by atoms with Crippen LogP contribution in [0.1, 0.15) is 55.0 Å². The molecule has 1 aliphatic heterocycles. The highest BCUT2D eigenvalue weighted by Gasteiger charge is 2.64. The Morgan fingerprint density at radius 2 is 1.87 bits per heavy atom. The number of aliphatic hydroxyl groups is 1. The van der Waals surface area contributed by atoms with Crippen LogP contribution in [-0.4, -0.2) is 62.4 Å². The Morgan fingerprint density at radius 1 is 1.11 bits per heavy atom. The summed E-state index contributed by atoms with van der Waals surface area (Å²) in [6, 6.07) is 13.5. The van der Waals surface area contributed by atoms with E-state index in [0.717, 1.165) is 60.0 Å². The van der Waals surface area contributed by atoms with E-state index in [2.05, 4.69) is 28.9 Å². The number of para-hydroxylation sites is 1. The molecule has 7 N–H and O–H groups in total. The Balaban J connectivity index is 1.47. The van der Waals surface area contributed by atoms with E-state index in [1.165, 1.54) is 0 Å². The lowest BCUT2D eigenvalue weighted by Gasteiger charge is -2.47. The number of pyridine rings is 1. The largest absolute Gasteiger partial charge is 0.504 e. The maximum Gasteiger partial charge on any atom is 0.185 e. The number of hydrogen-bond acceptors (Lipinski definition) is 6. The number of rotatable bonds is 9. The third kappa shape index (κ3) is 4.46. The second-order valence-electron chi connectivity index (χ2n) is 11.2. The third-order valence-corrected chi connectivity index (χ3v) is 8.80. The average Bonchev–Trinajstić information content (AvgIpc) is 2.98. The molecule has 2 bridgehead atoms. The number of guanidine groups is 1. The molecule has 0 spiro atoms. The molecular formula is C30H39N5O3. The molecule has 3 unspecified atom stereocenters. The first-order valence-corrected chi connectivity index (χ1v) is 13.6. The van der Waals surface area contributed by atoms with Gasteiger partial charge in [-0.3, -0.25) is 14.9 Å². The number of phenols is 2. The van der Waals surface area contributed by atoms with E-state index in [1.54, 1.807) is 6.07 Å². The molecule has 3 aromatic rings. The minimum Gasteiger partial charge on any atom is -0.504 e. The topological polar surface area (TPSA) is 141 Å². The fourth-order valence-corrected chi connectivity index (χ4v) is 6.76. The van der Waals surface area contributed by atoms with Gasteiger partial charge < -0.3 is 26.8 Å². The molecule has 2 heterocycles. The first kappa shape index (κ1) is 26.3. The number of fused-ring (bicyclic) bond motifs is 5.